The molecule has 35 heavy (non-hydrogen) atoms. The van der Waals surface area contributed by atoms with Crippen LogP contribution in [-0.4, -0.2) is 44.2 Å². The monoisotopic (exact) mass is 540 g/mol. The van der Waals surface area contributed by atoms with E-state index in [9.17, 15) is 8.78 Å². The maximum Gasteiger partial charge on any atom is 0.380 e. The Kier molecular flexibility index (Phi) is 6.37. The van der Waals surface area contributed by atoms with E-state index in [1.807, 2.05) is 0 Å². The van der Waals surface area contributed by atoms with E-state index in [4.69, 9.17) is 18.9 Å². The Labute approximate surface area is 205 Å². The highest BCUT2D eigenvalue weighted by molar-refractivity contribution is 7.12. The van der Waals surface area contributed by atoms with Gasteiger partial charge in [0.05, 0.1) is 36.2 Å². The van der Waals surface area contributed by atoms with Gasteiger partial charge in [-0.3, -0.25) is 0 Å². The van der Waals surface area contributed by atoms with Gasteiger partial charge in [-0.2, -0.15) is 26.3 Å². The first-order valence-corrected chi connectivity index (χ1v) is 12.8. The summed E-state index contributed by atoms with van der Waals surface area (Å²) in [6.45, 7) is 4.41. The third-order valence-corrected chi connectivity index (χ3v) is 8.81. The van der Waals surface area contributed by atoms with Crippen LogP contribution < -0.4 is 0 Å². The van der Waals surface area contributed by atoms with Crippen molar-refractivity contribution >= 4 is 33.8 Å². The molecule has 1 aliphatic carbocycles. The number of thiophene rings is 2. The van der Waals surface area contributed by atoms with Crippen molar-refractivity contribution in [3.63, 3.8) is 0 Å². The standard InChI is InChI=1S/C23H22F6O4S2/c1-3-13-11(9-15(34-13)19-30-5-6-31-19)17-18(22(26,27)23(28,29)21(17,24)25)12-10-16(35-14(12)4-2)20-32-7-8-33-20/h9-10,19-20H,3-8H2,1-2H3. The Morgan fingerprint density at radius 3 is 1.34 bits per heavy atom. The molecule has 0 spiro atoms. The fourth-order valence-electron chi connectivity index (χ4n) is 4.56. The van der Waals surface area contributed by atoms with Crippen LogP contribution >= 0.6 is 22.7 Å². The Balaban J connectivity index is 1.76. The van der Waals surface area contributed by atoms with Crippen molar-refractivity contribution in [3.05, 3.63) is 42.8 Å². The second kappa shape index (κ2) is 8.84. The summed E-state index contributed by atoms with van der Waals surface area (Å²) in [5, 5.41) is 0. The maximum absolute atomic E-state index is 15.4. The molecular formula is C23H22F6O4S2. The quantitative estimate of drug-likeness (QED) is 0.376. The Morgan fingerprint density at radius 1 is 0.686 bits per heavy atom. The van der Waals surface area contributed by atoms with Gasteiger partial charge in [0.1, 0.15) is 0 Å². The van der Waals surface area contributed by atoms with Crippen LogP contribution in [0.4, 0.5) is 26.3 Å². The van der Waals surface area contributed by atoms with Crippen LogP contribution in [0.5, 0.6) is 0 Å². The lowest BCUT2D eigenvalue weighted by molar-refractivity contribution is -0.254. The van der Waals surface area contributed by atoms with Gasteiger partial charge in [0, 0.05) is 20.9 Å². The van der Waals surface area contributed by atoms with Gasteiger partial charge in [0.2, 0.25) is 0 Å². The molecule has 0 unspecified atom stereocenters. The first kappa shape index (κ1) is 25.2. The van der Waals surface area contributed by atoms with Crippen molar-refractivity contribution in [3.8, 4) is 0 Å². The normalized spacial score (nSPS) is 24.2. The molecule has 5 rings (SSSR count). The van der Waals surface area contributed by atoms with Gasteiger partial charge in [-0.15, -0.1) is 22.7 Å². The van der Waals surface area contributed by atoms with Gasteiger partial charge in [-0.1, -0.05) is 13.8 Å². The van der Waals surface area contributed by atoms with Crippen molar-refractivity contribution in [1.82, 2.24) is 0 Å². The molecule has 4 nitrogen and oxygen atoms in total. The summed E-state index contributed by atoms with van der Waals surface area (Å²) in [7, 11) is 0. The van der Waals surface area contributed by atoms with Crippen LogP contribution in [0.1, 0.15) is 57.1 Å². The van der Waals surface area contributed by atoms with Gasteiger partial charge in [0.15, 0.2) is 12.6 Å². The fourth-order valence-corrected chi connectivity index (χ4v) is 6.78. The van der Waals surface area contributed by atoms with Crippen LogP contribution in [0.3, 0.4) is 0 Å². The molecule has 192 valence electrons. The van der Waals surface area contributed by atoms with Crippen molar-refractivity contribution in [2.24, 2.45) is 0 Å². The van der Waals surface area contributed by atoms with Gasteiger partial charge < -0.3 is 18.9 Å². The molecule has 0 bridgehead atoms. The largest absolute Gasteiger partial charge is 0.380 e. The van der Waals surface area contributed by atoms with E-state index < -0.39 is 41.5 Å². The van der Waals surface area contributed by atoms with Crippen LogP contribution in [0.15, 0.2) is 12.1 Å². The number of rotatable bonds is 6. The molecule has 0 radical (unpaired) electrons. The Hall–Kier alpha value is -1.44. The molecule has 0 amide bonds. The molecule has 0 saturated carbocycles. The smallest absolute Gasteiger partial charge is 0.345 e. The van der Waals surface area contributed by atoms with Gasteiger partial charge >= 0.3 is 17.8 Å². The average molecular weight is 541 g/mol. The predicted molar refractivity (Wildman–Crippen MR) is 118 cm³/mol. The minimum absolute atomic E-state index is 0.177. The highest BCUT2D eigenvalue weighted by Gasteiger charge is 2.80. The van der Waals surface area contributed by atoms with E-state index in [1.165, 1.54) is 12.1 Å². The van der Waals surface area contributed by atoms with Crippen LogP contribution in [0, 0.1) is 0 Å². The molecule has 2 saturated heterocycles. The van der Waals surface area contributed by atoms with E-state index in [0.29, 0.717) is 9.75 Å². The lowest BCUT2D eigenvalue weighted by Gasteiger charge is -2.25. The molecule has 2 aliphatic heterocycles. The molecule has 2 aromatic heterocycles. The number of hydrogen-bond acceptors (Lipinski definition) is 6. The molecule has 3 aliphatic rings. The second-order valence-corrected chi connectivity index (χ2v) is 10.6. The van der Waals surface area contributed by atoms with Gasteiger partial charge in [0.25, 0.3) is 0 Å². The number of aryl methyl sites for hydroxylation is 2. The number of hydrogen-bond donors (Lipinski definition) is 0. The van der Waals surface area contributed by atoms with Gasteiger partial charge in [-0.05, 0) is 36.1 Å². The SMILES string of the molecule is CCc1sc(C2OCCO2)cc1C1=C(c2cc(C3OCCO3)sc2CC)C(F)(F)C(F)(F)C1(F)F. The highest BCUT2D eigenvalue weighted by atomic mass is 32.1. The summed E-state index contributed by atoms with van der Waals surface area (Å²) < 4.78 is 113. The minimum Gasteiger partial charge on any atom is -0.345 e. The summed E-state index contributed by atoms with van der Waals surface area (Å²) in [6, 6.07) is 2.45. The first-order valence-electron chi connectivity index (χ1n) is 11.2. The lowest BCUT2D eigenvalue weighted by Crippen LogP contribution is -2.48. The van der Waals surface area contributed by atoms with Crippen molar-refractivity contribution in [1.29, 1.82) is 0 Å². The van der Waals surface area contributed by atoms with E-state index in [2.05, 4.69) is 0 Å². The summed E-state index contributed by atoms with van der Waals surface area (Å²) in [5.74, 6) is -15.8. The van der Waals surface area contributed by atoms with Crippen molar-refractivity contribution < 1.29 is 45.3 Å². The number of allylic oxidation sites excluding steroid dienone is 2. The van der Waals surface area contributed by atoms with Gasteiger partial charge in [-0.25, -0.2) is 0 Å². The topological polar surface area (TPSA) is 36.9 Å². The molecule has 0 N–H and O–H groups in total. The molecule has 0 atom stereocenters. The van der Waals surface area contributed by atoms with E-state index in [1.54, 1.807) is 13.8 Å². The van der Waals surface area contributed by atoms with E-state index >= 15 is 17.6 Å². The zero-order chi connectivity index (χ0) is 25.2. The molecular weight excluding hydrogens is 518 g/mol. The lowest BCUT2D eigenvalue weighted by atomic mass is 9.94. The minimum atomic E-state index is -5.62. The number of halogens is 6. The third kappa shape index (κ3) is 3.71. The molecule has 2 aromatic rings. The predicted octanol–water partition coefficient (Wildman–Crippen LogP) is 6.86. The van der Waals surface area contributed by atoms with Crippen LogP contribution in [-0.2, 0) is 31.8 Å². The van der Waals surface area contributed by atoms with E-state index in [0.717, 1.165) is 22.7 Å². The third-order valence-electron chi connectivity index (χ3n) is 6.21. The van der Waals surface area contributed by atoms with Crippen LogP contribution in [0.2, 0.25) is 0 Å². The first-order chi connectivity index (χ1) is 16.5. The summed E-state index contributed by atoms with van der Waals surface area (Å²) in [4.78, 5) is 1.28. The molecule has 2 fully saturated rings. The Bertz CT molecular complexity index is 1060. The van der Waals surface area contributed by atoms with E-state index in [-0.39, 0.29) is 60.2 Å². The summed E-state index contributed by atoms with van der Waals surface area (Å²) in [6.07, 6.45) is -1.35. The summed E-state index contributed by atoms with van der Waals surface area (Å²) >= 11 is 2.07. The number of alkyl halides is 6. The van der Waals surface area contributed by atoms with Crippen molar-refractivity contribution in [2.75, 3.05) is 26.4 Å². The van der Waals surface area contributed by atoms with Crippen LogP contribution in [0.25, 0.3) is 11.1 Å². The second-order valence-electron chi connectivity index (χ2n) is 8.30. The molecule has 0 aromatic carbocycles. The maximum atomic E-state index is 15.4. The fraction of sp³-hybridized carbons (Fsp3) is 0.565. The zero-order valence-electron chi connectivity index (χ0n) is 18.8. The molecule has 12 heteroatoms. The summed E-state index contributed by atoms with van der Waals surface area (Å²) in [5.41, 5.74) is -3.35. The number of ether oxygens (including phenoxy) is 4. The highest BCUT2D eigenvalue weighted by Crippen LogP contribution is 2.66. The molecule has 4 heterocycles. The zero-order valence-corrected chi connectivity index (χ0v) is 20.4. The Morgan fingerprint density at radius 2 is 1.03 bits per heavy atom. The average Bonchev–Trinajstić information content (AvgIpc) is 3.61. The van der Waals surface area contributed by atoms with Crippen molar-refractivity contribution in [2.45, 2.75) is 57.0 Å².